The highest BCUT2D eigenvalue weighted by Gasteiger charge is 2.10. The summed E-state index contributed by atoms with van der Waals surface area (Å²) in [5.74, 6) is 0.916. The lowest BCUT2D eigenvalue weighted by Crippen LogP contribution is -2.44. The van der Waals surface area contributed by atoms with Gasteiger partial charge >= 0.3 is 0 Å². The molecule has 0 amide bonds. The minimum absolute atomic E-state index is 0.186. The maximum absolute atomic E-state index is 5.15. The number of ether oxygens (including phenoxy) is 1. The van der Waals surface area contributed by atoms with Crippen molar-refractivity contribution in [2.45, 2.75) is 45.7 Å². The Kier molecular flexibility index (Phi) is 6.32. The molecule has 3 nitrogen and oxygen atoms in total. The van der Waals surface area contributed by atoms with E-state index in [2.05, 4.69) is 50.5 Å². The molecule has 3 heteroatoms. The molecule has 1 aromatic carbocycles. The second-order valence-electron chi connectivity index (χ2n) is 6.08. The lowest BCUT2D eigenvalue weighted by molar-refractivity contribution is 0.389. The fourth-order valence-electron chi connectivity index (χ4n) is 1.79. The van der Waals surface area contributed by atoms with Gasteiger partial charge in [-0.1, -0.05) is 12.1 Å². The van der Waals surface area contributed by atoms with Gasteiger partial charge in [-0.2, -0.15) is 0 Å². The summed E-state index contributed by atoms with van der Waals surface area (Å²) in [5, 5.41) is 7.04. The van der Waals surface area contributed by atoms with Crippen LogP contribution in [0, 0.1) is 0 Å². The Morgan fingerprint density at radius 1 is 1.16 bits per heavy atom. The molecule has 1 rings (SSSR count). The Labute approximate surface area is 117 Å². The van der Waals surface area contributed by atoms with Gasteiger partial charge in [0.2, 0.25) is 0 Å². The van der Waals surface area contributed by atoms with Crippen LogP contribution in [0.4, 0.5) is 0 Å². The molecule has 19 heavy (non-hydrogen) atoms. The molecule has 1 aromatic rings. The van der Waals surface area contributed by atoms with E-state index in [0.717, 1.165) is 25.3 Å². The molecule has 0 aromatic heterocycles. The molecule has 108 valence electrons. The number of hydrogen-bond donors (Lipinski definition) is 2. The van der Waals surface area contributed by atoms with Gasteiger partial charge in [-0.15, -0.1) is 0 Å². The third-order valence-corrected chi connectivity index (χ3v) is 3.00. The van der Waals surface area contributed by atoms with Crippen molar-refractivity contribution in [2.75, 3.05) is 20.2 Å². The van der Waals surface area contributed by atoms with Crippen LogP contribution in [0.3, 0.4) is 0 Å². The van der Waals surface area contributed by atoms with Gasteiger partial charge in [0.15, 0.2) is 0 Å². The molecule has 0 aliphatic carbocycles. The zero-order chi connectivity index (χ0) is 14.3. The van der Waals surface area contributed by atoms with Crippen molar-refractivity contribution in [1.29, 1.82) is 0 Å². The second-order valence-corrected chi connectivity index (χ2v) is 6.08. The zero-order valence-corrected chi connectivity index (χ0v) is 12.9. The molecule has 0 spiro atoms. The maximum atomic E-state index is 5.15. The van der Waals surface area contributed by atoms with Crippen molar-refractivity contribution in [2.24, 2.45) is 0 Å². The van der Waals surface area contributed by atoms with Gasteiger partial charge in [-0.05, 0) is 58.4 Å². The number of nitrogens with one attached hydrogen (secondary N) is 2. The summed E-state index contributed by atoms with van der Waals surface area (Å²) in [4.78, 5) is 0. The zero-order valence-electron chi connectivity index (χ0n) is 12.9. The Balaban J connectivity index is 2.22. The smallest absolute Gasteiger partial charge is 0.118 e. The first-order chi connectivity index (χ1) is 8.90. The topological polar surface area (TPSA) is 33.3 Å². The fraction of sp³-hybridized carbons (Fsp3) is 0.625. The van der Waals surface area contributed by atoms with E-state index in [1.165, 1.54) is 5.56 Å². The minimum Gasteiger partial charge on any atom is -0.497 e. The normalized spacial score (nSPS) is 13.3. The van der Waals surface area contributed by atoms with E-state index in [-0.39, 0.29) is 5.54 Å². The number of hydrogen-bond acceptors (Lipinski definition) is 3. The SMILES string of the molecule is COc1ccc(CCNC(C)CNC(C)(C)C)cc1. The van der Waals surface area contributed by atoms with Crippen molar-refractivity contribution >= 4 is 0 Å². The van der Waals surface area contributed by atoms with Gasteiger partial charge in [-0.25, -0.2) is 0 Å². The Bertz CT molecular complexity index is 354. The van der Waals surface area contributed by atoms with Crippen LogP contribution in [0.25, 0.3) is 0 Å². The van der Waals surface area contributed by atoms with E-state index in [4.69, 9.17) is 4.74 Å². The van der Waals surface area contributed by atoms with Crippen LogP contribution >= 0.6 is 0 Å². The van der Waals surface area contributed by atoms with Gasteiger partial charge in [0.25, 0.3) is 0 Å². The number of methoxy groups -OCH3 is 1. The summed E-state index contributed by atoms with van der Waals surface area (Å²) in [7, 11) is 1.69. The average Bonchev–Trinajstić information content (AvgIpc) is 2.36. The van der Waals surface area contributed by atoms with Crippen LogP contribution < -0.4 is 15.4 Å². The van der Waals surface area contributed by atoms with E-state index in [1.54, 1.807) is 7.11 Å². The highest BCUT2D eigenvalue weighted by atomic mass is 16.5. The van der Waals surface area contributed by atoms with E-state index < -0.39 is 0 Å². The summed E-state index contributed by atoms with van der Waals surface area (Å²) < 4.78 is 5.15. The summed E-state index contributed by atoms with van der Waals surface area (Å²) in [6.07, 6.45) is 1.05. The predicted molar refractivity (Wildman–Crippen MR) is 81.9 cm³/mol. The molecule has 0 heterocycles. The summed E-state index contributed by atoms with van der Waals surface area (Å²) in [6.45, 7) is 10.8. The van der Waals surface area contributed by atoms with Gasteiger partial charge in [-0.3, -0.25) is 0 Å². The molecular formula is C16H28N2O. The Hall–Kier alpha value is -1.06. The molecule has 0 bridgehead atoms. The van der Waals surface area contributed by atoms with Gasteiger partial charge < -0.3 is 15.4 Å². The third kappa shape index (κ3) is 7.19. The Morgan fingerprint density at radius 3 is 2.32 bits per heavy atom. The molecular weight excluding hydrogens is 236 g/mol. The average molecular weight is 264 g/mol. The van der Waals surface area contributed by atoms with Crippen LogP contribution in [0.1, 0.15) is 33.3 Å². The maximum Gasteiger partial charge on any atom is 0.118 e. The highest BCUT2D eigenvalue weighted by Crippen LogP contribution is 2.11. The molecule has 1 atom stereocenters. The van der Waals surface area contributed by atoms with Gasteiger partial charge in [0.05, 0.1) is 7.11 Å². The first kappa shape index (κ1) is 16.0. The van der Waals surface area contributed by atoms with Crippen LogP contribution in [-0.4, -0.2) is 31.8 Å². The molecule has 1 unspecified atom stereocenters. The van der Waals surface area contributed by atoms with E-state index in [1.807, 2.05) is 12.1 Å². The molecule has 0 aliphatic heterocycles. The standard InChI is InChI=1S/C16H28N2O/c1-13(12-18-16(2,3)4)17-11-10-14-6-8-15(19-5)9-7-14/h6-9,13,17-18H,10-12H2,1-5H3. The monoisotopic (exact) mass is 264 g/mol. The molecule has 0 radical (unpaired) electrons. The van der Waals surface area contributed by atoms with Crippen molar-refractivity contribution in [3.63, 3.8) is 0 Å². The summed E-state index contributed by atoms with van der Waals surface area (Å²) in [5.41, 5.74) is 1.52. The molecule has 0 saturated carbocycles. The van der Waals surface area contributed by atoms with Crippen LogP contribution in [0.5, 0.6) is 5.75 Å². The van der Waals surface area contributed by atoms with Gasteiger partial charge in [0, 0.05) is 18.1 Å². The van der Waals surface area contributed by atoms with Crippen molar-refractivity contribution in [3.05, 3.63) is 29.8 Å². The highest BCUT2D eigenvalue weighted by molar-refractivity contribution is 5.27. The van der Waals surface area contributed by atoms with Crippen molar-refractivity contribution in [1.82, 2.24) is 10.6 Å². The summed E-state index contributed by atoms with van der Waals surface area (Å²) >= 11 is 0. The molecule has 0 aliphatic rings. The molecule has 0 fully saturated rings. The second kappa shape index (κ2) is 7.51. The Morgan fingerprint density at radius 2 is 1.79 bits per heavy atom. The number of benzene rings is 1. The quantitative estimate of drug-likeness (QED) is 0.794. The fourth-order valence-corrected chi connectivity index (χ4v) is 1.79. The van der Waals surface area contributed by atoms with Crippen LogP contribution in [0.15, 0.2) is 24.3 Å². The lowest BCUT2D eigenvalue weighted by Gasteiger charge is -2.24. The first-order valence-corrected chi connectivity index (χ1v) is 7.02. The molecule has 0 saturated heterocycles. The number of rotatable bonds is 7. The van der Waals surface area contributed by atoms with Gasteiger partial charge in [0.1, 0.15) is 5.75 Å². The van der Waals surface area contributed by atoms with E-state index in [9.17, 15) is 0 Å². The first-order valence-electron chi connectivity index (χ1n) is 7.02. The van der Waals surface area contributed by atoms with Crippen molar-refractivity contribution < 1.29 is 4.74 Å². The van der Waals surface area contributed by atoms with Crippen LogP contribution in [-0.2, 0) is 6.42 Å². The lowest BCUT2D eigenvalue weighted by atomic mass is 10.1. The minimum atomic E-state index is 0.186. The molecule has 2 N–H and O–H groups in total. The summed E-state index contributed by atoms with van der Waals surface area (Å²) in [6, 6.07) is 8.76. The largest absolute Gasteiger partial charge is 0.497 e. The van der Waals surface area contributed by atoms with Crippen molar-refractivity contribution in [3.8, 4) is 5.75 Å². The van der Waals surface area contributed by atoms with Crippen LogP contribution in [0.2, 0.25) is 0 Å². The van der Waals surface area contributed by atoms with E-state index >= 15 is 0 Å². The predicted octanol–water partition coefficient (Wildman–Crippen LogP) is 2.60. The van der Waals surface area contributed by atoms with E-state index in [0.29, 0.717) is 6.04 Å². The third-order valence-electron chi connectivity index (χ3n) is 3.00.